The van der Waals surface area contributed by atoms with E-state index in [9.17, 15) is 19.2 Å². The number of carbonyl (C=O) groups is 4. The number of hydrazine groups is 1. The fourth-order valence-electron chi connectivity index (χ4n) is 3.10. The maximum Gasteiger partial charge on any atom is 0.311 e. The number of Topliss-reactive ketones (excluding diaryl/α,β-unsaturated/α-hetero) is 1. The van der Waals surface area contributed by atoms with Gasteiger partial charge in [0.15, 0.2) is 23.9 Å². The van der Waals surface area contributed by atoms with Gasteiger partial charge in [-0.1, -0.05) is 30.3 Å². The number of hydrogen-bond donors (Lipinski definition) is 1. The molecule has 1 N–H and O–H groups in total. The lowest BCUT2D eigenvalue weighted by Crippen LogP contribution is -2.43. The molecule has 1 saturated heterocycles. The van der Waals surface area contributed by atoms with Gasteiger partial charge in [-0.05, 0) is 18.2 Å². The van der Waals surface area contributed by atoms with Crippen LogP contribution >= 0.6 is 0 Å². The normalized spacial score (nSPS) is 15.4. The summed E-state index contributed by atoms with van der Waals surface area (Å²) in [6.45, 7) is -0.457. The van der Waals surface area contributed by atoms with Crippen LogP contribution < -0.4 is 14.9 Å². The third kappa shape index (κ3) is 5.19. The van der Waals surface area contributed by atoms with Gasteiger partial charge >= 0.3 is 5.97 Å². The van der Waals surface area contributed by atoms with Crippen molar-refractivity contribution in [2.75, 3.05) is 27.4 Å². The molecule has 1 aliphatic rings. The second-order valence-electron chi connectivity index (χ2n) is 6.81. The van der Waals surface area contributed by atoms with Gasteiger partial charge in [0, 0.05) is 17.5 Å². The van der Waals surface area contributed by atoms with Crippen molar-refractivity contribution in [3.05, 3.63) is 59.7 Å². The Labute approximate surface area is 178 Å². The maximum absolute atomic E-state index is 12.5. The first-order valence-electron chi connectivity index (χ1n) is 9.51. The van der Waals surface area contributed by atoms with Crippen molar-refractivity contribution in [2.24, 2.45) is 5.92 Å². The Bertz CT molecular complexity index is 991. The van der Waals surface area contributed by atoms with Crippen LogP contribution in [0.3, 0.4) is 0 Å². The van der Waals surface area contributed by atoms with Gasteiger partial charge in [0.1, 0.15) is 0 Å². The highest BCUT2D eigenvalue weighted by Crippen LogP contribution is 2.27. The zero-order valence-corrected chi connectivity index (χ0v) is 17.1. The van der Waals surface area contributed by atoms with Crippen LogP contribution in [0.4, 0.5) is 0 Å². The van der Waals surface area contributed by atoms with E-state index < -0.39 is 30.3 Å². The zero-order chi connectivity index (χ0) is 22.4. The highest BCUT2D eigenvalue weighted by molar-refractivity contribution is 5.99. The second kappa shape index (κ2) is 9.75. The van der Waals surface area contributed by atoms with E-state index in [4.69, 9.17) is 14.2 Å². The van der Waals surface area contributed by atoms with Crippen molar-refractivity contribution in [1.29, 1.82) is 0 Å². The molecule has 1 aliphatic heterocycles. The van der Waals surface area contributed by atoms with Crippen LogP contribution in [0.15, 0.2) is 48.5 Å². The number of nitrogens with zero attached hydrogens (tertiary/aromatic N) is 1. The number of esters is 1. The molecule has 9 heteroatoms. The Hall–Kier alpha value is -3.88. The number of methoxy groups -OCH3 is 2. The molecule has 162 valence electrons. The van der Waals surface area contributed by atoms with Crippen LogP contribution in [0.5, 0.6) is 11.5 Å². The van der Waals surface area contributed by atoms with E-state index in [1.54, 1.807) is 36.4 Å². The lowest BCUT2D eigenvalue weighted by atomic mass is 10.1. The summed E-state index contributed by atoms with van der Waals surface area (Å²) in [4.78, 5) is 49.1. The van der Waals surface area contributed by atoms with Crippen molar-refractivity contribution < 1.29 is 33.4 Å². The van der Waals surface area contributed by atoms with E-state index in [0.29, 0.717) is 17.1 Å². The fourth-order valence-corrected chi connectivity index (χ4v) is 3.10. The predicted molar refractivity (Wildman–Crippen MR) is 109 cm³/mol. The molecule has 1 unspecified atom stereocenters. The van der Waals surface area contributed by atoms with Gasteiger partial charge in [0.2, 0.25) is 5.91 Å². The standard InChI is InChI=1S/C22H22N2O7/c1-29-18-9-8-15(10-19(18)30-2)21(27)23-24-12-16(11-20(24)26)22(28)31-13-17(25)14-6-4-3-5-7-14/h3-10,16H,11-13H2,1-2H3,(H,23,27). The van der Waals surface area contributed by atoms with E-state index >= 15 is 0 Å². The highest BCUT2D eigenvalue weighted by Gasteiger charge is 2.36. The van der Waals surface area contributed by atoms with Crippen LogP contribution in [-0.4, -0.2) is 55.9 Å². The Morgan fingerprint density at radius 3 is 2.39 bits per heavy atom. The van der Waals surface area contributed by atoms with Crippen LogP contribution in [0.2, 0.25) is 0 Å². The summed E-state index contributed by atoms with van der Waals surface area (Å²) in [7, 11) is 2.93. The average molecular weight is 426 g/mol. The third-order valence-corrected chi connectivity index (χ3v) is 4.78. The van der Waals surface area contributed by atoms with Crippen molar-refractivity contribution in [3.8, 4) is 11.5 Å². The maximum atomic E-state index is 12.5. The molecule has 2 amide bonds. The number of carbonyl (C=O) groups excluding carboxylic acids is 4. The molecule has 9 nitrogen and oxygen atoms in total. The van der Waals surface area contributed by atoms with E-state index in [1.807, 2.05) is 0 Å². The Balaban J connectivity index is 1.55. The minimum atomic E-state index is -0.776. The number of benzene rings is 2. The Morgan fingerprint density at radius 2 is 1.71 bits per heavy atom. The van der Waals surface area contributed by atoms with Gasteiger partial charge in [-0.25, -0.2) is 0 Å². The average Bonchev–Trinajstić information content (AvgIpc) is 3.17. The smallest absolute Gasteiger partial charge is 0.311 e. The summed E-state index contributed by atoms with van der Waals surface area (Å²) in [5.74, 6) is -1.91. The molecule has 0 saturated carbocycles. The molecule has 0 spiro atoms. The predicted octanol–water partition coefficient (Wildman–Crippen LogP) is 1.62. The van der Waals surface area contributed by atoms with Gasteiger partial charge in [-0.3, -0.25) is 29.6 Å². The molecule has 31 heavy (non-hydrogen) atoms. The quantitative estimate of drug-likeness (QED) is 0.504. The third-order valence-electron chi connectivity index (χ3n) is 4.78. The fraction of sp³-hybridized carbons (Fsp3) is 0.273. The molecule has 0 aromatic heterocycles. The molecule has 3 rings (SSSR count). The topological polar surface area (TPSA) is 111 Å². The zero-order valence-electron chi connectivity index (χ0n) is 17.1. The first kappa shape index (κ1) is 21.8. The minimum Gasteiger partial charge on any atom is -0.493 e. The van der Waals surface area contributed by atoms with Gasteiger partial charge in [0.25, 0.3) is 5.91 Å². The van der Waals surface area contributed by atoms with E-state index in [1.165, 1.54) is 26.4 Å². The summed E-state index contributed by atoms with van der Waals surface area (Å²) in [5, 5.41) is 1.07. The van der Waals surface area contributed by atoms with Crippen LogP contribution in [0, 0.1) is 5.92 Å². The van der Waals surface area contributed by atoms with Gasteiger partial charge in [-0.15, -0.1) is 0 Å². The van der Waals surface area contributed by atoms with E-state index in [2.05, 4.69) is 5.43 Å². The number of ketones is 1. The summed E-state index contributed by atoms with van der Waals surface area (Å²) in [6, 6.07) is 13.0. The van der Waals surface area contributed by atoms with Crippen molar-refractivity contribution >= 4 is 23.6 Å². The molecule has 2 aromatic rings. The van der Waals surface area contributed by atoms with Gasteiger partial charge in [0.05, 0.1) is 26.7 Å². The molecule has 0 aliphatic carbocycles. The number of ether oxygens (including phenoxy) is 3. The SMILES string of the molecule is COc1ccc(C(=O)NN2CC(C(=O)OCC(=O)c3ccccc3)CC2=O)cc1OC. The lowest BCUT2D eigenvalue weighted by molar-refractivity contribution is -0.147. The molecule has 1 heterocycles. The Kier molecular flexibility index (Phi) is 6.86. The van der Waals surface area contributed by atoms with Gasteiger partial charge in [-0.2, -0.15) is 0 Å². The van der Waals surface area contributed by atoms with Crippen LogP contribution in [0.25, 0.3) is 0 Å². The molecular formula is C22H22N2O7. The number of amides is 2. The summed E-state index contributed by atoms with van der Waals surface area (Å²) in [5.41, 5.74) is 3.17. The molecule has 0 bridgehead atoms. The largest absolute Gasteiger partial charge is 0.493 e. The molecular weight excluding hydrogens is 404 g/mol. The van der Waals surface area contributed by atoms with Crippen LogP contribution in [0.1, 0.15) is 27.1 Å². The number of nitrogens with one attached hydrogen (secondary N) is 1. The number of hydrogen-bond acceptors (Lipinski definition) is 7. The van der Waals surface area contributed by atoms with E-state index in [-0.39, 0.29) is 24.3 Å². The Morgan fingerprint density at radius 1 is 1.00 bits per heavy atom. The highest BCUT2D eigenvalue weighted by atomic mass is 16.5. The molecule has 1 atom stereocenters. The summed E-state index contributed by atoms with van der Waals surface area (Å²) in [6.07, 6.45) is -0.120. The van der Waals surface area contributed by atoms with Crippen molar-refractivity contribution in [3.63, 3.8) is 0 Å². The van der Waals surface area contributed by atoms with Crippen molar-refractivity contribution in [1.82, 2.24) is 10.4 Å². The minimum absolute atomic E-state index is 0.0454. The molecule has 2 aromatic carbocycles. The molecule has 0 radical (unpaired) electrons. The number of rotatable bonds is 8. The molecule has 1 fully saturated rings. The van der Waals surface area contributed by atoms with Crippen molar-refractivity contribution in [2.45, 2.75) is 6.42 Å². The lowest BCUT2D eigenvalue weighted by Gasteiger charge is -2.18. The monoisotopic (exact) mass is 426 g/mol. The first-order valence-corrected chi connectivity index (χ1v) is 9.51. The second-order valence-corrected chi connectivity index (χ2v) is 6.81. The summed E-state index contributed by atoms with van der Waals surface area (Å²) >= 11 is 0. The van der Waals surface area contributed by atoms with Crippen LogP contribution in [-0.2, 0) is 14.3 Å². The van der Waals surface area contributed by atoms with Gasteiger partial charge < -0.3 is 14.2 Å². The first-order chi connectivity index (χ1) is 14.9. The van der Waals surface area contributed by atoms with E-state index in [0.717, 1.165) is 5.01 Å². The summed E-state index contributed by atoms with van der Waals surface area (Å²) < 4.78 is 15.4.